The highest BCUT2D eigenvalue weighted by molar-refractivity contribution is 5.46. The maximum Gasteiger partial charge on any atom is 0.0314 e. The topological polar surface area (TPSA) is 52.0 Å². The Bertz CT molecular complexity index is 668. The molecule has 0 fully saturated rings. The van der Waals surface area contributed by atoms with Crippen molar-refractivity contribution in [1.82, 2.24) is 0 Å². The van der Waals surface area contributed by atoms with Crippen molar-refractivity contribution in [3.8, 4) is 0 Å². The predicted octanol–water partition coefficient (Wildman–Crippen LogP) is 3.55. The lowest BCUT2D eigenvalue weighted by atomic mass is 9.71. The Kier molecular flexibility index (Phi) is 3.53. The molecule has 4 N–H and O–H groups in total. The number of hydrogen-bond acceptors (Lipinski definition) is 2. The van der Waals surface area contributed by atoms with E-state index in [1.807, 2.05) is 24.3 Å². The summed E-state index contributed by atoms with van der Waals surface area (Å²) in [6.07, 6.45) is 8.23. The molecule has 2 heteroatoms. The van der Waals surface area contributed by atoms with Gasteiger partial charge in [-0.1, -0.05) is 54.6 Å². The third-order valence-electron chi connectivity index (χ3n) is 4.14. The first-order chi connectivity index (χ1) is 10.2. The van der Waals surface area contributed by atoms with Crippen molar-refractivity contribution >= 4 is 5.69 Å². The van der Waals surface area contributed by atoms with Crippen LogP contribution in [0.5, 0.6) is 0 Å². The Morgan fingerprint density at radius 1 is 0.905 bits per heavy atom. The summed E-state index contributed by atoms with van der Waals surface area (Å²) in [6, 6.07) is 18.8. The Morgan fingerprint density at radius 2 is 1.62 bits per heavy atom. The molecule has 0 saturated carbocycles. The van der Waals surface area contributed by atoms with E-state index in [-0.39, 0.29) is 5.41 Å². The summed E-state index contributed by atoms with van der Waals surface area (Å²) in [4.78, 5) is 0. The molecule has 106 valence electrons. The van der Waals surface area contributed by atoms with Crippen LogP contribution in [0, 0.1) is 0 Å². The van der Waals surface area contributed by atoms with Gasteiger partial charge in [0.2, 0.25) is 0 Å². The third-order valence-corrected chi connectivity index (χ3v) is 4.14. The molecule has 1 unspecified atom stereocenters. The lowest BCUT2D eigenvalue weighted by molar-refractivity contribution is 0.531. The van der Waals surface area contributed by atoms with Crippen LogP contribution < -0.4 is 11.5 Å². The van der Waals surface area contributed by atoms with Crippen LogP contribution in [0.25, 0.3) is 0 Å². The van der Waals surface area contributed by atoms with E-state index >= 15 is 0 Å². The zero-order chi connectivity index (χ0) is 14.7. The minimum Gasteiger partial charge on any atom is -0.399 e. The van der Waals surface area contributed by atoms with Gasteiger partial charge in [-0.05, 0) is 42.2 Å². The number of rotatable bonds is 3. The number of allylic oxidation sites excluding steroid dienone is 3. The van der Waals surface area contributed by atoms with E-state index in [2.05, 4.69) is 48.6 Å². The second-order valence-corrected chi connectivity index (χ2v) is 5.68. The van der Waals surface area contributed by atoms with Gasteiger partial charge in [0.1, 0.15) is 0 Å². The molecule has 0 spiro atoms. The van der Waals surface area contributed by atoms with Crippen molar-refractivity contribution in [2.45, 2.75) is 18.3 Å². The van der Waals surface area contributed by atoms with Gasteiger partial charge < -0.3 is 11.5 Å². The third kappa shape index (κ3) is 2.84. The van der Waals surface area contributed by atoms with Gasteiger partial charge in [0, 0.05) is 16.8 Å². The molecule has 0 aliphatic heterocycles. The lowest BCUT2D eigenvalue weighted by Gasteiger charge is -2.33. The van der Waals surface area contributed by atoms with Crippen LogP contribution in [0.3, 0.4) is 0 Å². The summed E-state index contributed by atoms with van der Waals surface area (Å²) in [5.74, 6) is 0. The second-order valence-electron chi connectivity index (χ2n) is 5.68. The molecule has 2 aromatic carbocycles. The van der Waals surface area contributed by atoms with Crippen LogP contribution in [0.1, 0.15) is 17.5 Å². The molecule has 2 nitrogen and oxygen atoms in total. The van der Waals surface area contributed by atoms with Crippen LogP contribution in [0.2, 0.25) is 0 Å². The van der Waals surface area contributed by atoms with E-state index in [0.717, 1.165) is 24.2 Å². The van der Waals surface area contributed by atoms with Gasteiger partial charge >= 0.3 is 0 Å². The van der Waals surface area contributed by atoms with Crippen molar-refractivity contribution in [2.75, 3.05) is 5.73 Å². The summed E-state index contributed by atoms with van der Waals surface area (Å²) in [7, 11) is 0. The Morgan fingerprint density at radius 3 is 2.24 bits per heavy atom. The number of anilines is 1. The first kappa shape index (κ1) is 13.5. The molecule has 1 aliphatic rings. The summed E-state index contributed by atoms with van der Waals surface area (Å²) >= 11 is 0. The monoisotopic (exact) mass is 276 g/mol. The quantitative estimate of drug-likeness (QED) is 0.842. The molecule has 0 saturated heterocycles. The lowest BCUT2D eigenvalue weighted by Crippen LogP contribution is -2.28. The van der Waals surface area contributed by atoms with E-state index in [4.69, 9.17) is 11.5 Å². The molecule has 0 amide bonds. The Balaban J connectivity index is 2.00. The van der Waals surface area contributed by atoms with Crippen LogP contribution in [0.4, 0.5) is 5.69 Å². The van der Waals surface area contributed by atoms with E-state index in [1.54, 1.807) is 0 Å². The van der Waals surface area contributed by atoms with E-state index < -0.39 is 0 Å². The zero-order valence-corrected chi connectivity index (χ0v) is 12.0. The number of nitrogen functional groups attached to an aromatic ring is 1. The Hall–Kier alpha value is -2.48. The highest BCUT2D eigenvalue weighted by atomic mass is 14.6. The Labute approximate surface area is 125 Å². The van der Waals surface area contributed by atoms with Crippen molar-refractivity contribution in [3.05, 3.63) is 89.6 Å². The molecular formula is C19H20N2. The summed E-state index contributed by atoms with van der Waals surface area (Å²) < 4.78 is 0. The molecule has 0 heterocycles. The standard InChI is InChI=1S/C19H20N2/c20-17-8-6-16(7-9-17)19(12-10-18(21)11-13-19)14-15-4-2-1-3-5-15/h1-12H,13-14,20-21H2. The van der Waals surface area contributed by atoms with Crippen molar-refractivity contribution in [3.63, 3.8) is 0 Å². The number of benzene rings is 2. The minimum absolute atomic E-state index is 0.0437. The second kappa shape index (κ2) is 5.49. The fraction of sp³-hybridized carbons (Fsp3) is 0.158. The predicted molar refractivity (Wildman–Crippen MR) is 88.7 cm³/mol. The molecule has 1 aliphatic carbocycles. The smallest absolute Gasteiger partial charge is 0.0314 e. The first-order valence-corrected chi connectivity index (χ1v) is 7.23. The maximum atomic E-state index is 5.91. The molecule has 2 aromatic rings. The summed E-state index contributed by atoms with van der Waals surface area (Å²) in [5, 5.41) is 0. The van der Waals surface area contributed by atoms with Gasteiger partial charge in [-0.2, -0.15) is 0 Å². The van der Waals surface area contributed by atoms with Crippen molar-refractivity contribution < 1.29 is 0 Å². The van der Waals surface area contributed by atoms with Gasteiger partial charge in [-0.25, -0.2) is 0 Å². The maximum absolute atomic E-state index is 5.91. The number of nitrogens with two attached hydrogens (primary N) is 2. The van der Waals surface area contributed by atoms with Crippen molar-refractivity contribution in [2.24, 2.45) is 5.73 Å². The fourth-order valence-electron chi connectivity index (χ4n) is 2.91. The molecule has 0 bridgehead atoms. The van der Waals surface area contributed by atoms with E-state index in [9.17, 15) is 0 Å². The summed E-state index contributed by atoms with van der Waals surface area (Å²) in [6.45, 7) is 0. The van der Waals surface area contributed by atoms with Gasteiger partial charge in [-0.15, -0.1) is 0 Å². The molecule has 21 heavy (non-hydrogen) atoms. The van der Waals surface area contributed by atoms with Crippen LogP contribution in [-0.2, 0) is 11.8 Å². The van der Waals surface area contributed by atoms with E-state index in [1.165, 1.54) is 11.1 Å². The average Bonchev–Trinajstić information content (AvgIpc) is 2.52. The SMILES string of the molecule is NC1=CCC(Cc2ccccc2)(c2ccc(N)cc2)C=C1. The highest BCUT2D eigenvalue weighted by Gasteiger charge is 2.30. The molecule has 0 radical (unpaired) electrons. The molecule has 1 atom stereocenters. The molecular weight excluding hydrogens is 256 g/mol. The zero-order valence-electron chi connectivity index (χ0n) is 12.0. The number of hydrogen-bond donors (Lipinski definition) is 2. The largest absolute Gasteiger partial charge is 0.399 e. The van der Waals surface area contributed by atoms with Crippen LogP contribution >= 0.6 is 0 Å². The van der Waals surface area contributed by atoms with Crippen LogP contribution in [0.15, 0.2) is 78.5 Å². The van der Waals surface area contributed by atoms with Gasteiger partial charge in [0.25, 0.3) is 0 Å². The summed E-state index contributed by atoms with van der Waals surface area (Å²) in [5.41, 5.74) is 15.9. The normalized spacial score (nSPS) is 21.0. The minimum atomic E-state index is -0.0437. The van der Waals surface area contributed by atoms with Gasteiger partial charge in [0.05, 0.1) is 0 Å². The molecule has 3 rings (SSSR count). The first-order valence-electron chi connectivity index (χ1n) is 7.23. The van der Waals surface area contributed by atoms with Gasteiger partial charge in [-0.3, -0.25) is 0 Å². The van der Waals surface area contributed by atoms with E-state index in [0.29, 0.717) is 0 Å². The van der Waals surface area contributed by atoms with Crippen molar-refractivity contribution in [1.29, 1.82) is 0 Å². The highest BCUT2D eigenvalue weighted by Crippen LogP contribution is 2.37. The van der Waals surface area contributed by atoms with Crippen LogP contribution in [-0.4, -0.2) is 0 Å². The molecule has 0 aromatic heterocycles. The average molecular weight is 276 g/mol. The van der Waals surface area contributed by atoms with Gasteiger partial charge in [0.15, 0.2) is 0 Å². The fourth-order valence-corrected chi connectivity index (χ4v) is 2.91.